The van der Waals surface area contributed by atoms with Crippen LogP contribution in [0, 0.1) is 0 Å². The SMILES string of the molecule is NNN1CNC(=O)C1Cc1ccc(OCc2ccccc2)cc1. The van der Waals surface area contributed by atoms with Gasteiger partial charge in [0, 0.05) is 0 Å². The molecule has 120 valence electrons. The molecule has 1 aliphatic heterocycles. The fourth-order valence-corrected chi connectivity index (χ4v) is 2.56. The number of benzene rings is 2. The van der Waals surface area contributed by atoms with Gasteiger partial charge in [0.15, 0.2) is 0 Å². The topological polar surface area (TPSA) is 79.6 Å². The van der Waals surface area contributed by atoms with Crippen molar-refractivity contribution in [2.24, 2.45) is 5.84 Å². The van der Waals surface area contributed by atoms with Gasteiger partial charge in [-0.1, -0.05) is 42.5 Å². The summed E-state index contributed by atoms with van der Waals surface area (Å²) in [6, 6.07) is 17.5. The molecular formula is C17H20N4O2. The van der Waals surface area contributed by atoms with Gasteiger partial charge < -0.3 is 10.1 Å². The minimum Gasteiger partial charge on any atom is -0.489 e. The third-order valence-corrected chi connectivity index (χ3v) is 3.87. The molecule has 1 saturated heterocycles. The second kappa shape index (κ2) is 7.23. The van der Waals surface area contributed by atoms with Gasteiger partial charge in [0.2, 0.25) is 5.91 Å². The van der Waals surface area contributed by atoms with Crippen molar-refractivity contribution in [3.05, 3.63) is 65.7 Å². The van der Waals surface area contributed by atoms with E-state index in [0.29, 0.717) is 19.7 Å². The Morgan fingerprint density at radius 2 is 1.87 bits per heavy atom. The van der Waals surface area contributed by atoms with Crippen LogP contribution in [0.15, 0.2) is 54.6 Å². The van der Waals surface area contributed by atoms with Crippen LogP contribution in [0.1, 0.15) is 11.1 Å². The minimum atomic E-state index is -0.295. The molecule has 0 aromatic heterocycles. The molecule has 0 spiro atoms. The lowest BCUT2D eigenvalue weighted by Crippen LogP contribution is -2.48. The third kappa shape index (κ3) is 3.87. The van der Waals surface area contributed by atoms with Gasteiger partial charge in [-0.15, -0.1) is 0 Å². The molecule has 0 aliphatic carbocycles. The summed E-state index contributed by atoms with van der Waals surface area (Å²) >= 11 is 0. The molecule has 1 heterocycles. The van der Waals surface area contributed by atoms with Gasteiger partial charge in [0.1, 0.15) is 18.4 Å². The van der Waals surface area contributed by atoms with Crippen LogP contribution in [-0.2, 0) is 17.8 Å². The predicted octanol–water partition coefficient (Wildman–Crippen LogP) is 0.944. The number of hydrogen-bond acceptors (Lipinski definition) is 5. The molecule has 1 amide bonds. The van der Waals surface area contributed by atoms with Crippen LogP contribution in [0.25, 0.3) is 0 Å². The van der Waals surface area contributed by atoms with Gasteiger partial charge in [-0.05, 0) is 29.7 Å². The lowest BCUT2D eigenvalue weighted by molar-refractivity contribution is -0.121. The highest BCUT2D eigenvalue weighted by Crippen LogP contribution is 2.17. The van der Waals surface area contributed by atoms with E-state index in [-0.39, 0.29) is 11.9 Å². The number of carbonyl (C=O) groups is 1. The summed E-state index contributed by atoms with van der Waals surface area (Å²) in [5, 5.41) is 4.44. The Hall–Kier alpha value is -2.41. The molecule has 2 aromatic rings. The Morgan fingerprint density at radius 3 is 2.57 bits per heavy atom. The molecular weight excluding hydrogens is 292 g/mol. The average Bonchev–Trinajstić information content (AvgIpc) is 2.95. The van der Waals surface area contributed by atoms with Crippen LogP contribution in [0.3, 0.4) is 0 Å². The monoisotopic (exact) mass is 312 g/mol. The highest BCUT2D eigenvalue weighted by molar-refractivity contribution is 5.83. The summed E-state index contributed by atoms with van der Waals surface area (Å²) in [5.74, 6) is 6.21. The maximum Gasteiger partial charge on any atom is 0.240 e. The Kier molecular flexibility index (Phi) is 4.87. The predicted molar refractivity (Wildman–Crippen MR) is 86.9 cm³/mol. The van der Waals surface area contributed by atoms with Crippen molar-refractivity contribution in [3.8, 4) is 5.75 Å². The van der Waals surface area contributed by atoms with Gasteiger partial charge in [-0.3, -0.25) is 10.6 Å². The number of amides is 1. The second-order valence-electron chi connectivity index (χ2n) is 5.44. The van der Waals surface area contributed by atoms with Crippen LogP contribution in [-0.4, -0.2) is 23.6 Å². The second-order valence-corrected chi connectivity index (χ2v) is 5.44. The molecule has 6 nitrogen and oxygen atoms in total. The van der Waals surface area contributed by atoms with Crippen molar-refractivity contribution in [1.29, 1.82) is 0 Å². The summed E-state index contributed by atoms with van der Waals surface area (Å²) in [6.45, 7) is 0.953. The van der Waals surface area contributed by atoms with Crippen molar-refractivity contribution in [2.75, 3.05) is 6.67 Å². The van der Waals surface area contributed by atoms with Gasteiger partial charge in [0.05, 0.1) is 6.67 Å². The number of hydrogen-bond donors (Lipinski definition) is 3. The molecule has 2 aromatic carbocycles. The first-order chi connectivity index (χ1) is 11.3. The maximum atomic E-state index is 11.8. The molecule has 3 rings (SSSR count). The quantitative estimate of drug-likeness (QED) is 0.546. The van der Waals surface area contributed by atoms with Crippen molar-refractivity contribution in [1.82, 2.24) is 15.9 Å². The van der Waals surface area contributed by atoms with E-state index in [1.54, 1.807) is 5.01 Å². The lowest BCUT2D eigenvalue weighted by Gasteiger charge is -2.19. The first kappa shape index (κ1) is 15.5. The smallest absolute Gasteiger partial charge is 0.240 e. The molecule has 6 heteroatoms. The van der Waals surface area contributed by atoms with E-state index >= 15 is 0 Å². The number of nitrogens with two attached hydrogens (primary N) is 1. The number of nitrogens with one attached hydrogen (secondary N) is 2. The van der Waals surface area contributed by atoms with Crippen molar-refractivity contribution < 1.29 is 9.53 Å². The Labute approximate surface area is 135 Å². The Morgan fingerprint density at radius 1 is 1.13 bits per heavy atom. The van der Waals surface area contributed by atoms with Crippen LogP contribution < -0.4 is 21.4 Å². The molecule has 1 unspecified atom stereocenters. The zero-order valence-electron chi connectivity index (χ0n) is 12.7. The highest BCUT2D eigenvalue weighted by atomic mass is 16.5. The van der Waals surface area contributed by atoms with Crippen molar-refractivity contribution in [3.63, 3.8) is 0 Å². The number of nitrogens with zero attached hydrogens (tertiary/aromatic N) is 1. The van der Waals surface area contributed by atoms with Gasteiger partial charge in [0.25, 0.3) is 0 Å². The fourth-order valence-electron chi connectivity index (χ4n) is 2.56. The van der Waals surface area contributed by atoms with Crippen molar-refractivity contribution in [2.45, 2.75) is 19.1 Å². The van der Waals surface area contributed by atoms with E-state index in [4.69, 9.17) is 10.6 Å². The summed E-state index contributed by atoms with van der Waals surface area (Å²) in [5.41, 5.74) is 4.72. The summed E-state index contributed by atoms with van der Waals surface area (Å²) in [7, 11) is 0. The zero-order chi connectivity index (χ0) is 16.1. The molecule has 4 N–H and O–H groups in total. The Balaban J connectivity index is 1.58. The molecule has 0 bridgehead atoms. The first-order valence-corrected chi connectivity index (χ1v) is 7.52. The van der Waals surface area contributed by atoms with E-state index in [2.05, 4.69) is 10.9 Å². The zero-order valence-corrected chi connectivity index (χ0v) is 12.7. The van der Waals surface area contributed by atoms with Crippen LogP contribution >= 0.6 is 0 Å². The summed E-state index contributed by atoms with van der Waals surface area (Å²) < 4.78 is 5.76. The summed E-state index contributed by atoms with van der Waals surface area (Å²) in [4.78, 5) is 11.8. The van der Waals surface area contributed by atoms with E-state index in [9.17, 15) is 4.79 Å². The minimum absolute atomic E-state index is 0.0210. The Bertz CT molecular complexity index is 645. The van der Waals surface area contributed by atoms with E-state index < -0.39 is 0 Å². The molecule has 0 radical (unpaired) electrons. The summed E-state index contributed by atoms with van der Waals surface area (Å²) in [6.07, 6.45) is 0.592. The largest absolute Gasteiger partial charge is 0.489 e. The first-order valence-electron chi connectivity index (χ1n) is 7.52. The standard InChI is InChI=1S/C17H20N4O2/c18-20-21-12-19-17(22)16(21)10-13-6-8-15(9-7-13)23-11-14-4-2-1-3-5-14/h1-9,16,20H,10-12,18H2,(H,19,22). The molecule has 23 heavy (non-hydrogen) atoms. The molecule has 1 atom stereocenters. The van der Waals surface area contributed by atoms with Gasteiger partial charge in [-0.25, -0.2) is 0 Å². The average molecular weight is 312 g/mol. The van der Waals surface area contributed by atoms with Crippen LogP contribution in [0.2, 0.25) is 0 Å². The maximum absolute atomic E-state index is 11.8. The molecule has 0 saturated carbocycles. The number of carbonyl (C=O) groups excluding carboxylic acids is 1. The lowest BCUT2D eigenvalue weighted by atomic mass is 10.1. The highest BCUT2D eigenvalue weighted by Gasteiger charge is 2.31. The third-order valence-electron chi connectivity index (χ3n) is 3.87. The number of hydrazine groups is 2. The van der Waals surface area contributed by atoms with Gasteiger partial charge in [-0.2, -0.15) is 10.5 Å². The van der Waals surface area contributed by atoms with Gasteiger partial charge >= 0.3 is 0 Å². The van der Waals surface area contributed by atoms with Crippen LogP contribution in [0.4, 0.5) is 0 Å². The van der Waals surface area contributed by atoms with E-state index in [1.165, 1.54) is 0 Å². The molecule has 1 aliphatic rings. The van der Waals surface area contributed by atoms with E-state index in [0.717, 1.165) is 16.9 Å². The van der Waals surface area contributed by atoms with Crippen molar-refractivity contribution >= 4 is 5.91 Å². The molecule has 1 fully saturated rings. The number of rotatable bonds is 6. The normalized spacial score (nSPS) is 18.0. The van der Waals surface area contributed by atoms with Crippen LogP contribution in [0.5, 0.6) is 5.75 Å². The fraction of sp³-hybridized carbons (Fsp3) is 0.235. The number of ether oxygens (including phenoxy) is 1. The van der Waals surface area contributed by atoms with E-state index in [1.807, 2.05) is 54.6 Å².